The molecule has 1 amide bonds. The average molecular weight is 400 g/mol. The number of carbonyl (C=O) groups is 2. The maximum Gasteiger partial charge on any atom is 0.350 e. The molecule has 0 bridgehead atoms. The maximum absolute atomic E-state index is 12.4. The van der Waals surface area contributed by atoms with Crippen LogP contribution in [0.1, 0.15) is 26.7 Å². The standard InChI is InChI=1S/C16H14ClNO5S2/c1-25(21,22)11-7-24-14(13(11)17)16(20)23-10-6-8-4-2-3-5-9(8)12(10)15(18)19/h2-5,7,10,12H,6H2,1H3,(H2,18,19). The molecule has 3 rings (SSSR count). The van der Waals surface area contributed by atoms with Crippen molar-refractivity contribution in [2.75, 3.05) is 6.26 Å². The van der Waals surface area contributed by atoms with Crippen LogP contribution in [-0.4, -0.2) is 32.7 Å². The van der Waals surface area contributed by atoms with Gasteiger partial charge in [-0.3, -0.25) is 4.79 Å². The Balaban J connectivity index is 1.87. The van der Waals surface area contributed by atoms with Gasteiger partial charge in [-0.2, -0.15) is 0 Å². The van der Waals surface area contributed by atoms with Gasteiger partial charge in [0.15, 0.2) is 9.84 Å². The molecule has 6 nitrogen and oxygen atoms in total. The van der Waals surface area contributed by atoms with E-state index < -0.39 is 33.7 Å². The van der Waals surface area contributed by atoms with E-state index in [1.54, 1.807) is 12.1 Å². The van der Waals surface area contributed by atoms with Gasteiger partial charge in [-0.05, 0) is 11.1 Å². The Kier molecular flexibility index (Phi) is 4.61. The predicted octanol–water partition coefficient (Wildman–Crippen LogP) is 2.16. The monoisotopic (exact) mass is 399 g/mol. The number of esters is 1. The lowest BCUT2D eigenvalue weighted by molar-refractivity contribution is -0.121. The number of nitrogens with two attached hydrogens (primary N) is 1. The lowest BCUT2D eigenvalue weighted by atomic mass is 9.99. The molecule has 2 unspecified atom stereocenters. The SMILES string of the molecule is CS(=O)(=O)c1csc(C(=O)OC2Cc3ccccc3C2C(N)=O)c1Cl. The van der Waals surface area contributed by atoms with Crippen molar-refractivity contribution in [3.63, 3.8) is 0 Å². The molecular formula is C16H14ClNO5S2. The molecule has 1 aromatic carbocycles. The van der Waals surface area contributed by atoms with E-state index in [4.69, 9.17) is 22.1 Å². The molecule has 0 aliphatic heterocycles. The van der Waals surface area contributed by atoms with Crippen LogP contribution < -0.4 is 5.73 Å². The highest BCUT2D eigenvalue weighted by molar-refractivity contribution is 7.91. The van der Waals surface area contributed by atoms with Crippen molar-refractivity contribution >= 4 is 44.7 Å². The molecule has 0 saturated heterocycles. The van der Waals surface area contributed by atoms with Gasteiger partial charge in [-0.15, -0.1) is 11.3 Å². The molecule has 2 aromatic rings. The third kappa shape index (κ3) is 3.29. The zero-order valence-electron chi connectivity index (χ0n) is 13.1. The molecule has 0 radical (unpaired) electrons. The molecule has 2 N–H and O–H groups in total. The fourth-order valence-electron chi connectivity index (χ4n) is 2.91. The fourth-order valence-corrected chi connectivity index (χ4v) is 5.70. The molecule has 0 spiro atoms. The van der Waals surface area contributed by atoms with Crippen LogP contribution in [-0.2, 0) is 25.8 Å². The minimum atomic E-state index is -3.54. The van der Waals surface area contributed by atoms with Gasteiger partial charge in [0.1, 0.15) is 16.9 Å². The first kappa shape index (κ1) is 17.9. The molecule has 1 heterocycles. The Morgan fingerprint density at radius 3 is 2.60 bits per heavy atom. The lowest BCUT2D eigenvalue weighted by Gasteiger charge is -2.18. The normalized spacial score (nSPS) is 19.4. The second-order valence-electron chi connectivity index (χ2n) is 5.74. The molecule has 0 fully saturated rings. The Labute approximate surface area is 153 Å². The van der Waals surface area contributed by atoms with Crippen molar-refractivity contribution < 1.29 is 22.7 Å². The Morgan fingerprint density at radius 1 is 1.32 bits per heavy atom. The van der Waals surface area contributed by atoms with Gasteiger partial charge in [0.2, 0.25) is 5.91 Å². The molecule has 2 atom stereocenters. The number of primary amides is 1. The number of ether oxygens (including phenoxy) is 1. The van der Waals surface area contributed by atoms with Crippen LogP contribution >= 0.6 is 22.9 Å². The van der Waals surface area contributed by atoms with Crippen LogP contribution in [0.3, 0.4) is 0 Å². The minimum absolute atomic E-state index is 0.0127. The highest BCUT2D eigenvalue weighted by Crippen LogP contribution is 2.37. The van der Waals surface area contributed by atoms with Crippen LogP contribution in [0.25, 0.3) is 0 Å². The van der Waals surface area contributed by atoms with E-state index in [1.807, 2.05) is 12.1 Å². The van der Waals surface area contributed by atoms with E-state index in [1.165, 1.54) is 5.38 Å². The first-order chi connectivity index (χ1) is 11.7. The summed E-state index contributed by atoms with van der Waals surface area (Å²) in [5.41, 5.74) is 7.10. The summed E-state index contributed by atoms with van der Waals surface area (Å²) in [4.78, 5) is 24.1. The van der Waals surface area contributed by atoms with Crippen molar-refractivity contribution in [3.05, 3.63) is 50.7 Å². The highest BCUT2D eigenvalue weighted by Gasteiger charge is 2.39. The number of halogens is 1. The largest absolute Gasteiger partial charge is 0.457 e. The number of thiophene rings is 1. The van der Waals surface area contributed by atoms with Crippen LogP contribution in [0.4, 0.5) is 0 Å². The summed E-state index contributed by atoms with van der Waals surface area (Å²) in [5, 5.41) is 1.13. The summed E-state index contributed by atoms with van der Waals surface area (Å²) in [5.74, 6) is -2.10. The van der Waals surface area contributed by atoms with Gasteiger partial charge in [-0.1, -0.05) is 35.9 Å². The van der Waals surface area contributed by atoms with E-state index in [0.717, 1.165) is 28.7 Å². The zero-order chi connectivity index (χ0) is 18.4. The molecule has 25 heavy (non-hydrogen) atoms. The van der Waals surface area contributed by atoms with Crippen molar-refractivity contribution in [1.82, 2.24) is 0 Å². The smallest absolute Gasteiger partial charge is 0.350 e. The van der Waals surface area contributed by atoms with E-state index in [-0.39, 0.29) is 14.8 Å². The minimum Gasteiger partial charge on any atom is -0.457 e. The second kappa shape index (κ2) is 6.44. The van der Waals surface area contributed by atoms with Crippen molar-refractivity contribution in [1.29, 1.82) is 0 Å². The van der Waals surface area contributed by atoms with Crippen LogP contribution in [0.5, 0.6) is 0 Å². The highest BCUT2D eigenvalue weighted by atomic mass is 35.5. The second-order valence-corrected chi connectivity index (χ2v) is 8.98. The third-order valence-electron chi connectivity index (χ3n) is 4.03. The molecule has 132 valence electrons. The maximum atomic E-state index is 12.4. The lowest BCUT2D eigenvalue weighted by Crippen LogP contribution is -2.32. The summed E-state index contributed by atoms with van der Waals surface area (Å²) < 4.78 is 28.7. The number of carbonyl (C=O) groups excluding carboxylic acids is 2. The summed E-state index contributed by atoms with van der Waals surface area (Å²) in [6.45, 7) is 0. The third-order valence-corrected chi connectivity index (χ3v) is 6.88. The van der Waals surface area contributed by atoms with Gasteiger partial charge < -0.3 is 10.5 Å². The van der Waals surface area contributed by atoms with Crippen LogP contribution in [0.2, 0.25) is 5.02 Å². The zero-order valence-corrected chi connectivity index (χ0v) is 15.5. The fraction of sp³-hybridized carbons (Fsp3) is 0.250. The molecule has 0 saturated carbocycles. The number of rotatable bonds is 4. The molecule has 1 aromatic heterocycles. The quantitative estimate of drug-likeness (QED) is 0.793. The summed E-state index contributed by atoms with van der Waals surface area (Å²) >= 11 is 6.90. The molecule has 1 aliphatic rings. The van der Waals surface area contributed by atoms with Crippen molar-refractivity contribution in [2.24, 2.45) is 5.73 Å². The van der Waals surface area contributed by atoms with Crippen molar-refractivity contribution in [3.8, 4) is 0 Å². The van der Waals surface area contributed by atoms with Gasteiger partial charge in [0.05, 0.1) is 9.92 Å². The number of benzene rings is 1. The molecular weight excluding hydrogens is 386 g/mol. The van der Waals surface area contributed by atoms with Gasteiger partial charge in [-0.25, -0.2) is 13.2 Å². The van der Waals surface area contributed by atoms with Gasteiger partial charge in [0, 0.05) is 18.1 Å². The summed E-state index contributed by atoms with van der Waals surface area (Å²) in [6, 6.07) is 7.24. The number of hydrogen-bond donors (Lipinski definition) is 1. The van der Waals surface area contributed by atoms with E-state index in [9.17, 15) is 18.0 Å². The van der Waals surface area contributed by atoms with Crippen LogP contribution in [0, 0.1) is 0 Å². The topological polar surface area (TPSA) is 104 Å². The Hall–Kier alpha value is -1.90. The van der Waals surface area contributed by atoms with Crippen LogP contribution in [0.15, 0.2) is 34.5 Å². The van der Waals surface area contributed by atoms with E-state index in [0.29, 0.717) is 6.42 Å². The predicted molar refractivity (Wildman–Crippen MR) is 93.7 cm³/mol. The first-order valence-corrected chi connectivity index (χ1v) is 10.4. The van der Waals surface area contributed by atoms with E-state index in [2.05, 4.69) is 0 Å². The van der Waals surface area contributed by atoms with E-state index >= 15 is 0 Å². The molecule has 9 heteroatoms. The summed E-state index contributed by atoms with van der Waals surface area (Å²) in [7, 11) is -3.54. The molecule has 1 aliphatic carbocycles. The van der Waals surface area contributed by atoms with Crippen molar-refractivity contribution in [2.45, 2.75) is 23.3 Å². The van der Waals surface area contributed by atoms with Gasteiger partial charge >= 0.3 is 5.97 Å². The summed E-state index contributed by atoms with van der Waals surface area (Å²) in [6.07, 6.45) is 0.617. The number of amides is 1. The number of sulfone groups is 1. The van der Waals surface area contributed by atoms with Gasteiger partial charge in [0.25, 0.3) is 0 Å². The Morgan fingerprint density at radius 2 is 2.00 bits per heavy atom. The average Bonchev–Trinajstić information content (AvgIpc) is 3.06. The number of fused-ring (bicyclic) bond motifs is 1. The Bertz CT molecular complexity index is 967. The number of hydrogen-bond acceptors (Lipinski definition) is 6. The first-order valence-electron chi connectivity index (χ1n) is 7.25.